The lowest BCUT2D eigenvalue weighted by molar-refractivity contribution is -0.120. The maximum absolute atomic E-state index is 12.5. The van der Waals surface area contributed by atoms with Crippen molar-refractivity contribution < 1.29 is 18.0 Å². The molecule has 0 spiro atoms. The van der Waals surface area contributed by atoms with Crippen molar-refractivity contribution in [2.75, 3.05) is 28.6 Å². The summed E-state index contributed by atoms with van der Waals surface area (Å²) in [6, 6.07) is 12.3. The van der Waals surface area contributed by atoms with Gasteiger partial charge in [0.15, 0.2) is 0 Å². The van der Waals surface area contributed by atoms with Crippen molar-refractivity contribution in [3.63, 3.8) is 0 Å². The van der Waals surface area contributed by atoms with Gasteiger partial charge in [-0.3, -0.25) is 13.9 Å². The molecule has 0 bridgehead atoms. The Balaban J connectivity index is 1.69. The number of sulfonamides is 1. The number of benzene rings is 2. The first kappa shape index (κ1) is 22.1. The average Bonchev–Trinajstić information content (AvgIpc) is 3.12. The van der Waals surface area contributed by atoms with Gasteiger partial charge in [-0.05, 0) is 48.7 Å². The SMILES string of the molecule is Cc1ccc(Cl)cc1N(CC(=O)NCc1cccc(N2CCCC2=O)c1)S(C)(=O)=O. The zero-order chi connectivity index (χ0) is 21.9. The van der Waals surface area contributed by atoms with Crippen LogP contribution in [-0.4, -0.2) is 39.6 Å². The third-order valence-corrected chi connectivity index (χ3v) is 6.27. The summed E-state index contributed by atoms with van der Waals surface area (Å²) in [7, 11) is -3.69. The van der Waals surface area contributed by atoms with E-state index in [1.165, 1.54) is 6.07 Å². The number of anilines is 2. The summed E-state index contributed by atoms with van der Waals surface area (Å²) in [6.07, 6.45) is 2.44. The van der Waals surface area contributed by atoms with E-state index in [9.17, 15) is 18.0 Å². The normalized spacial score (nSPS) is 14.1. The standard InChI is InChI=1S/C21H24ClN3O4S/c1-15-8-9-17(22)12-19(15)25(30(2,28)29)14-20(26)23-13-16-5-3-6-18(11-16)24-10-4-7-21(24)27/h3,5-6,8-9,11-12H,4,7,10,13-14H2,1-2H3,(H,23,26). The van der Waals surface area contributed by atoms with Crippen LogP contribution in [0.15, 0.2) is 42.5 Å². The molecule has 1 heterocycles. The van der Waals surface area contributed by atoms with Crippen LogP contribution in [0.2, 0.25) is 5.02 Å². The molecule has 2 aromatic carbocycles. The maximum atomic E-state index is 12.5. The highest BCUT2D eigenvalue weighted by Crippen LogP contribution is 2.26. The fourth-order valence-electron chi connectivity index (χ4n) is 3.37. The molecular formula is C21H24ClN3O4S. The van der Waals surface area contributed by atoms with Gasteiger partial charge in [0.2, 0.25) is 21.8 Å². The van der Waals surface area contributed by atoms with Gasteiger partial charge < -0.3 is 10.2 Å². The van der Waals surface area contributed by atoms with Crippen LogP contribution in [0, 0.1) is 6.92 Å². The van der Waals surface area contributed by atoms with Gasteiger partial charge >= 0.3 is 0 Å². The van der Waals surface area contributed by atoms with Crippen molar-refractivity contribution in [1.82, 2.24) is 5.32 Å². The highest BCUT2D eigenvalue weighted by Gasteiger charge is 2.23. The van der Waals surface area contributed by atoms with E-state index in [0.29, 0.717) is 29.2 Å². The van der Waals surface area contributed by atoms with E-state index in [2.05, 4.69) is 5.32 Å². The summed E-state index contributed by atoms with van der Waals surface area (Å²) in [5, 5.41) is 3.14. The van der Waals surface area contributed by atoms with Crippen LogP contribution in [-0.2, 0) is 26.2 Å². The van der Waals surface area contributed by atoms with E-state index in [1.807, 2.05) is 24.3 Å². The molecule has 160 valence electrons. The van der Waals surface area contributed by atoms with Crippen molar-refractivity contribution in [3.05, 3.63) is 58.6 Å². The van der Waals surface area contributed by atoms with Crippen LogP contribution in [0.1, 0.15) is 24.0 Å². The number of nitrogens with zero attached hydrogens (tertiary/aromatic N) is 2. The first-order valence-corrected chi connectivity index (χ1v) is 11.8. The molecule has 1 saturated heterocycles. The molecule has 30 heavy (non-hydrogen) atoms. The summed E-state index contributed by atoms with van der Waals surface area (Å²) >= 11 is 6.02. The Morgan fingerprint density at radius 3 is 2.67 bits per heavy atom. The molecule has 1 aliphatic rings. The Kier molecular flexibility index (Phi) is 6.67. The van der Waals surface area contributed by atoms with Gasteiger partial charge in [0, 0.05) is 30.2 Å². The van der Waals surface area contributed by atoms with Crippen LogP contribution in [0.25, 0.3) is 0 Å². The molecule has 0 saturated carbocycles. The fraction of sp³-hybridized carbons (Fsp3) is 0.333. The van der Waals surface area contributed by atoms with E-state index >= 15 is 0 Å². The third kappa shape index (κ3) is 5.31. The van der Waals surface area contributed by atoms with E-state index in [1.54, 1.807) is 24.0 Å². The molecular weight excluding hydrogens is 426 g/mol. The molecule has 7 nitrogen and oxygen atoms in total. The molecule has 9 heteroatoms. The molecule has 0 atom stereocenters. The first-order chi connectivity index (χ1) is 14.1. The van der Waals surface area contributed by atoms with Gasteiger partial charge in [0.1, 0.15) is 6.54 Å². The van der Waals surface area contributed by atoms with Crippen molar-refractivity contribution in [3.8, 4) is 0 Å². The average molecular weight is 450 g/mol. The fourth-order valence-corrected chi connectivity index (χ4v) is 4.45. The van der Waals surface area contributed by atoms with E-state index in [-0.39, 0.29) is 19.0 Å². The van der Waals surface area contributed by atoms with E-state index in [4.69, 9.17) is 11.6 Å². The molecule has 1 aliphatic heterocycles. The second kappa shape index (κ2) is 9.06. The second-order valence-electron chi connectivity index (χ2n) is 7.30. The molecule has 0 radical (unpaired) electrons. The number of carbonyl (C=O) groups is 2. The smallest absolute Gasteiger partial charge is 0.241 e. The lowest BCUT2D eigenvalue weighted by atomic mass is 10.2. The third-order valence-electron chi connectivity index (χ3n) is 4.91. The molecule has 2 aromatic rings. The first-order valence-electron chi connectivity index (χ1n) is 9.55. The van der Waals surface area contributed by atoms with Crippen LogP contribution in [0.3, 0.4) is 0 Å². The van der Waals surface area contributed by atoms with Crippen molar-refractivity contribution in [2.45, 2.75) is 26.3 Å². The Morgan fingerprint density at radius 2 is 2.00 bits per heavy atom. The van der Waals surface area contributed by atoms with E-state index in [0.717, 1.165) is 28.2 Å². The minimum atomic E-state index is -3.69. The summed E-state index contributed by atoms with van der Waals surface area (Å²) in [6.45, 7) is 2.31. The Bertz CT molecular complexity index is 1070. The Labute approximate surface area is 181 Å². The molecule has 0 aliphatic carbocycles. The van der Waals surface area contributed by atoms with Gasteiger partial charge in [0.05, 0.1) is 11.9 Å². The van der Waals surface area contributed by atoms with Gasteiger partial charge in [0.25, 0.3) is 0 Å². The maximum Gasteiger partial charge on any atom is 0.241 e. The number of aryl methyl sites for hydroxylation is 1. The number of nitrogens with one attached hydrogen (secondary N) is 1. The second-order valence-corrected chi connectivity index (χ2v) is 9.64. The molecule has 1 fully saturated rings. The van der Waals surface area contributed by atoms with E-state index < -0.39 is 15.9 Å². The number of amides is 2. The van der Waals surface area contributed by atoms with Gasteiger partial charge in [-0.2, -0.15) is 0 Å². The summed E-state index contributed by atoms with van der Waals surface area (Å²) in [5.74, 6) is -0.348. The number of carbonyl (C=O) groups excluding carboxylic acids is 2. The zero-order valence-corrected chi connectivity index (χ0v) is 18.5. The Morgan fingerprint density at radius 1 is 1.23 bits per heavy atom. The zero-order valence-electron chi connectivity index (χ0n) is 16.9. The van der Waals surface area contributed by atoms with Crippen molar-refractivity contribution in [1.29, 1.82) is 0 Å². The van der Waals surface area contributed by atoms with Crippen LogP contribution >= 0.6 is 11.6 Å². The highest BCUT2D eigenvalue weighted by atomic mass is 35.5. The number of hydrogen-bond acceptors (Lipinski definition) is 4. The molecule has 0 unspecified atom stereocenters. The number of hydrogen-bond donors (Lipinski definition) is 1. The summed E-state index contributed by atoms with van der Waals surface area (Å²) in [4.78, 5) is 26.2. The number of rotatable bonds is 7. The van der Waals surface area contributed by atoms with Crippen molar-refractivity contribution in [2.24, 2.45) is 0 Å². The largest absolute Gasteiger partial charge is 0.350 e. The summed E-state index contributed by atoms with van der Waals surface area (Å²) in [5.41, 5.74) is 2.69. The lowest BCUT2D eigenvalue weighted by Crippen LogP contribution is -2.40. The van der Waals surface area contributed by atoms with Gasteiger partial charge in [-0.1, -0.05) is 29.8 Å². The molecule has 2 amide bonds. The van der Waals surface area contributed by atoms with Crippen molar-refractivity contribution >= 4 is 44.8 Å². The molecule has 0 aromatic heterocycles. The van der Waals surface area contributed by atoms with Gasteiger partial charge in [-0.15, -0.1) is 0 Å². The molecule has 1 N–H and O–H groups in total. The lowest BCUT2D eigenvalue weighted by Gasteiger charge is -2.24. The minimum absolute atomic E-state index is 0.0943. The predicted molar refractivity (Wildman–Crippen MR) is 118 cm³/mol. The minimum Gasteiger partial charge on any atom is -0.350 e. The Hall–Kier alpha value is -2.58. The summed E-state index contributed by atoms with van der Waals surface area (Å²) < 4.78 is 25.6. The topological polar surface area (TPSA) is 86.8 Å². The highest BCUT2D eigenvalue weighted by molar-refractivity contribution is 7.92. The van der Waals surface area contributed by atoms with Crippen LogP contribution < -0.4 is 14.5 Å². The quantitative estimate of drug-likeness (QED) is 0.704. The number of halogens is 1. The monoisotopic (exact) mass is 449 g/mol. The molecule has 3 rings (SSSR count). The van der Waals surface area contributed by atoms with Crippen LogP contribution in [0.4, 0.5) is 11.4 Å². The predicted octanol–water partition coefficient (Wildman–Crippen LogP) is 2.86. The van der Waals surface area contributed by atoms with Gasteiger partial charge in [-0.25, -0.2) is 8.42 Å². The van der Waals surface area contributed by atoms with Crippen LogP contribution in [0.5, 0.6) is 0 Å².